The Morgan fingerprint density at radius 1 is 1.38 bits per heavy atom. The van der Waals surface area contributed by atoms with Crippen molar-refractivity contribution < 1.29 is 4.42 Å². The number of nitrogens with two attached hydrogens (primary N) is 1. The van der Waals surface area contributed by atoms with Gasteiger partial charge in [-0.1, -0.05) is 0 Å². The van der Waals surface area contributed by atoms with Crippen molar-refractivity contribution in [2.75, 3.05) is 7.05 Å². The molecule has 0 amide bonds. The number of fused-ring (bicyclic) bond motifs is 1. The largest absolute Gasteiger partial charge is 0.464 e. The highest BCUT2D eigenvalue weighted by atomic mass is 16.3. The molecule has 0 aliphatic carbocycles. The number of amidine groups is 1. The summed E-state index contributed by atoms with van der Waals surface area (Å²) in [5.74, 6) is 0.545. The topological polar surface area (TPSA) is 51.5 Å². The first-order valence-corrected chi connectivity index (χ1v) is 4.01. The molecule has 1 heterocycles. The van der Waals surface area contributed by atoms with E-state index in [1.807, 2.05) is 24.3 Å². The number of benzene rings is 1. The summed E-state index contributed by atoms with van der Waals surface area (Å²) >= 11 is 0. The van der Waals surface area contributed by atoms with E-state index < -0.39 is 0 Å². The highest BCUT2D eigenvalue weighted by Gasteiger charge is 2.00. The van der Waals surface area contributed by atoms with Crippen LogP contribution in [0.4, 0.5) is 0 Å². The third kappa shape index (κ3) is 1.28. The molecule has 0 atom stereocenters. The number of aliphatic imine (C=N–C) groups is 1. The maximum atomic E-state index is 5.67. The van der Waals surface area contributed by atoms with Crippen LogP contribution in [-0.4, -0.2) is 12.9 Å². The van der Waals surface area contributed by atoms with E-state index in [1.165, 1.54) is 0 Å². The van der Waals surface area contributed by atoms with Gasteiger partial charge in [-0.25, -0.2) is 0 Å². The van der Waals surface area contributed by atoms with Crippen LogP contribution < -0.4 is 5.73 Å². The molecule has 1 aromatic carbocycles. The zero-order valence-corrected chi connectivity index (χ0v) is 7.32. The maximum Gasteiger partial charge on any atom is 0.133 e. The lowest BCUT2D eigenvalue weighted by Crippen LogP contribution is -2.12. The van der Waals surface area contributed by atoms with Gasteiger partial charge in [0.25, 0.3) is 0 Å². The van der Waals surface area contributed by atoms with E-state index in [2.05, 4.69) is 4.99 Å². The van der Waals surface area contributed by atoms with Crippen molar-refractivity contribution in [3.05, 3.63) is 36.1 Å². The van der Waals surface area contributed by atoms with Crippen molar-refractivity contribution >= 4 is 16.8 Å². The Kier molecular flexibility index (Phi) is 1.77. The average Bonchev–Trinajstić information content (AvgIpc) is 2.63. The summed E-state index contributed by atoms with van der Waals surface area (Å²) in [6, 6.07) is 7.65. The molecule has 0 saturated heterocycles. The molecular formula is C10H10N2O. The van der Waals surface area contributed by atoms with Gasteiger partial charge in [0.05, 0.1) is 6.26 Å². The molecule has 0 radical (unpaired) electrons. The van der Waals surface area contributed by atoms with Crippen LogP contribution in [0.5, 0.6) is 0 Å². The summed E-state index contributed by atoms with van der Waals surface area (Å²) in [6.45, 7) is 0. The van der Waals surface area contributed by atoms with Crippen molar-refractivity contribution in [1.29, 1.82) is 0 Å². The fraction of sp³-hybridized carbons (Fsp3) is 0.100. The molecule has 3 nitrogen and oxygen atoms in total. The zero-order valence-electron chi connectivity index (χ0n) is 7.32. The van der Waals surface area contributed by atoms with Gasteiger partial charge in [-0.3, -0.25) is 4.99 Å². The molecular weight excluding hydrogens is 164 g/mol. The van der Waals surface area contributed by atoms with Gasteiger partial charge in [-0.2, -0.15) is 0 Å². The zero-order chi connectivity index (χ0) is 9.26. The lowest BCUT2D eigenvalue weighted by molar-refractivity contribution is 0.616. The number of rotatable bonds is 1. The first-order valence-electron chi connectivity index (χ1n) is 4.01. The van der Waals surface area contributed by atoms with E-state index in [4.69, 9.17) is 10.2 Å². The van der Waals surface area contributed by atoms with Gasteiger partial charge in [-0.15, -0.1) is 0 Å². The van der Waals surface area contributed by atoms with Gasteiger partial charge >= 0.3 is 0 Å². The predicted octanol–water partition coefficient (Wildman–Crippen LogP) is 1.77. The summed E-state index contributed by atoms with van der Waals surface area (Å²) in [5.41, 5.74) is 7.47. The van der Waals surface area contributed by atoms with Crippen LogP contribution >= 0.6 is 0 Å². The van der Waals surface area contributed by atoms with Gasteiger partial charge in [-0.05, 0) is 24.3 Å². The maximum absolute atomic E-state index is 5.67. The molecule has 3 heteroatoms. The Balaban J connectivity index is 2.60. The smallest absolute Gasteiger partial charge is 0.133 e. The molecule has 0 aliphatic rings. The molecule has 0 saturated carbocycles. The Labute approximate surface area is 75.9 Å². The Morgan fingerprint density at radius 2 is 2.23 bits per heavy atom. The molecule has 1 aromatic heterocycles. The molecule has 66 valence electrons. The van der Waals surface area contributed by atoms with Crippen molar-refractivity contribution in [3.63, 3.8) is 0 Å². The first-order chi connectivity index (χ1) is 6.31. The van der Waals surface area contributed by atoms with Crippen LogP contribution in [0.3, 0.4) is 0 Å². The summed E-state index contributed by atoms with van der Waals surface area (Å²) in [5, 5.41) is 1.05. The van der Waals surface area contributed by atoms with Gasteiger partial charge < -0.3 is 10.2 Å². The fourth-order valence-corrected chi connectivity index (χ4v) is 1.26. The quantitative estimate of drug-likeness (QED) is 0.529. The number of hydrogen-bond donors (Lipinski definition) is 1. The van der Waals surface area contributed by atoms with Gasteiger partial charge in [0, 0.05) is 18.0 Å². The second-order valence-corrected chi connectivity index (χ2v) is 2.78. The fourth-order valence-electron chi connectivity index (χ4n) is 1.26. The minimum absolute atomic E-state index is 0.545. The Bertz CT molecular complexity index is 457. The van der Waals surface area contributed by atoms with Crippen LogP contribution in [0.15, 0.2) is 39.9 Å². The third-order valence-corrected chi connectivity index (χ3v) is 1.99. The van der Waals surface area contributed by atoms with E-state index in [-0.39, 0.29) is 0 Å². The lowest BCUT2D eigenvalue weighted by Gasteiger charge is -1.98. The average molecular weight is 174 g/mol. The molecule has 13 heavy (non-hydrogen) atoms. The minimum Gasteiger partial charge on any atom is -0.464 e. The van der Waals surface area contributed by atoms with E-state index in [0.717, 1.165) is 16.5 Å². The summed E-state index contributed by atoms with van der Waals surface area (Å²) in [7, 11) is 1.68. The van der Waals surface area contributed by atoms with Crippen LogP contribution in [0, 0.1) is 0 Å². The number of hydrogen-bond acceptors (Lipinski definition) is 2. The first kappa shape index (κ1) is 7.86. The molecule has 2 rings (SSSR count). The summed E-state index contributed by atoms with van der Waals surface area (Å²) < 4.78 is 5.21. The monoisotopic (exact) mass is 174 g/mol. The summed E-state index contributed by atoms with van der Waals surface area (Å²) in [4.78, 5) is 3.91. The predicted molar refractivity (Wildman–Crippen MR) is 52.9 cm³/mol. The second kappa shape index (κ2) is 2.94. The van der Waals surface area contributed by atoms with Crippen molar-refractivity contribution in [1.82, 2.24) is 0 Å². The van der Waals surface area contributed by atoms with E-state index in [1.54, 1.807) is 13.3 Å². The van der Waals surface area contributed by atoms with E-state index >= 15 is 0 Å². The third-order valence-electron chi connectivity index (χ3n) is 1.99. The normalized spacial score (nSPS) is 12.2. The van der Waals surface area contributed by atoms with E-state index in [9.17, 15) is 0 Å². The Hall–Kier alpha value is -1.77. The second-order valence-electron chi connectivity index (χ2n) is 2.78. The molecule has 0 bridgehead atoms. The van der Waals surface area contributed by atoms with E-state index in [0.29, 0.717) is 5.84 Å². The van der Waals surface area contributed by atoms with Crippen LogP contribution in [0.2, 0.25) is 0 Å². The van der Waals surface area contributed by atoms with Crippen LogP contribution in [0.1, 0.15) is 5.56 Å². The molecule has 0 spiro atoms. The number of furan rings is 1. The van der Waals surface area contributed by atoms with Gasteiger partial charge in [0.2, 0.25) is 0 Å². The lowest BCUT2D eigenvalue weighted by atomic mass is 10.1. The highest BCUT2D eigenvalue weighted by molar-refractivity contribution is 6.00. The Morgan fingerprint density at radius 3 is 3.00 bits per heavy atom. The van der Waals surface area contributed by atoms with Crippen LogP contribution in [0.25, 0.3) is 11.0 Å². The van der Waals surface area contributed by atoms with Gasteiger partial charge in [0.15, 0.2) is 0 Å². The molecule has 0 aliphatic heterocycles. The van der Waals surface area contributed by atoms with Crippen molar-refractivity contribution in [2.45, 2.75) is 0 Å². The number of nitrogens with zero attached hydrogens (tertiary/aromatic N) is 1. The van der Waals surface area contributed by atoms with Crippen LogP contribution in [-0.2, 0) is 0 Å². The standard InChI is InChI=1S/C10H10N2O/c1-12-10(11)8-2-3-9-7(6-8)4-5-13-9/h2-6H,1H3,(H2,11,12). The summed E-state index contributed by atoms with van der Waals surface area (Å²) in [6.07, 6.45) is 1.66. The SMILES string of the molecule is CN=C(N)c1ccc2occc2c1. The van der Waals surface area contributed by atoms with Crippen molar-refractivity contribution in [3.8, 4) is 0 Å². The molecule has 0 fully saturated rings. The molecule has 0 unspecified atom stereocenters. The minimum atomic E-state index is 0.545. The molecule has 2 aromatic rings. The van der Waals surface area contributed by atoms with Gasteiger partial charge in [0.1, 0.15) is 11.4 Å². The molecule has 2 N–H and O–H groups in total. The van der Waals surface area contributed by atoms with Crippen molar-refractivity contribution in [2.24, 2.45) is 10.7 Å². The highest BCUT2D eigenvalue weighted by Crippen LogP contribution is 2.16.